The number of hydrogen-bond acceptors (Lipinski definition) is 3. The van der Waals surface area contributed by atoms with E-state index in [9.17, 15) is 4.79 Å². The predicted molar refractivity (Wildman–Crippen MR) is 65.3 cm³/mol. The van der Waals surface area contributed by atoms with Crippen LogP contribution in [0.3, 0.4) is 0 Å². The number of ether oxygens (including phenoxy) is 1. The lowest BCUT2D eigenvalue weighted by molar-refractivity contribution is -0.139. The van der Waals surface area contributed by atoms with E-state index in [1.807, 2.05) is 13.8 Å². The monoisotopic (exact) mass is 237 g/mol. The molecule has 0 bridgehead atoms. The molecular weight excluding hydrogens is 218 g/mol. The molecule has 0 aromatic heterocycles. The molecule has 5 heteroatoms. The number of nitrogens with zero attached hydrogens (tertiary/aromatic N) is 3. The van der Waals surface area contributed by atoms with Crippen LogP contribution < -0.4 is 0 Å². The third-order valence-corrected chi connectivity index (χ3v) is 2.86. The number of azide groups is 1. The van der Waals surface area contributed by atoms with Gasteiger partial charge in [-0.1, -0.05) is 24.5 Å². The maximum Gasteiger partial charge on any atom is 0.334 e. The summed E-state index contributed by atoms with van der Waals surface area (Å²) in [5.74, 6) is 0.136. The minimum Gasteiger partial charge on any atom is -0.458 e. The molecule has 2 atom stereocenters. The van der Waals surface area contributed by atoms with E-state index in [1.165, 1.54) is 0 Å². The van der Waals surface area contributed by atoms with Gasteiger partial charge in [0, 0.05) is 16.9 Å². The first-order valence-corrected chi connectivity index (χ1v) is 5.87. The van der Waals surface area contributed by atoms with E-state index in [0.29, 0.717) is 12.3 Å². The van der Waals surface area contributed by atoms with Crippen LogP contribution in [0.25, 0.3) is 10.4 Å². The Balaban J connectivity index is 2.82. The molecule has 1 heterocycles. The van der Waals surface area contributed by atoms with Crippen molar-refractivity contribution in [3.05, 3.63) is 21.6 Å². The van der Waals surface area contributed by atoms with Crippen molar-refractivity contribution in [3.8, 4) is 0 Å². The summed E-state index contributed by atoms with van der Waals surface area (Å²) in [5, 5.41) is 3.76. The van der Waals surface area contributed by atoms with Crippen molar-refractivity contribution >= 4 is 5.97 Å². The van der Waals surface area contributed by atoms with Crippen LogP contribution >= 0.6 is 0 Å². The van der Waals surface area contributed by atoms with Gasteiger partial charge in [0.25, 0.3) is 0 Å². The van der Waals surface area contributed by atoms with Gasteiger partial charge in [-0.2, -0.15) is 0 Å². The van der Waals surface area contributed by atoms with E-state index in [-0.39, 0.29) is 18.1 Å². The number of carbonyl (C=O) groups excluding carboxylic acids is 1. The number of rotatable bonds is 4. The van der Waals surface area contributed by atoms with Gasteiger partial charge in [0.2, 0.25) is 0 Å². The third-order valence-electron chi connectivity index (χ3n) is 2.86. The fourth-order valence-electron chi connectivity index (χ4n) is 1.98. The Hall–Kier alpha value is -1.48. The van der Waals surface area contributed by atoms with Crippen LogP contribution in [-0.4, -0.2) is 18.1 Å². The molecule has 0 N–H and O–H groups in total. The van der Waals surface area contributed by atoms with Gasteiger partial charge >= 0.3 is 5.97 Å². The first-order chi connectivity index (χ1) is 7.95. The number of allylic oxidation sites excluding steroid dienone is 1. The number of esters is 1. The van der Waals surface area contributed by atoms with E-state index in [1.54, 1.807) is 0 Å². The number of cyclic esters (lactones) is 1. The molecule has 0 amide bonds. The normalized spacial score (nSPS) is 21.1. The van der Waals surface area contributed by atoms with E-state index < -0.39 is 0 Å². The van der Waals surface area contributed by atoms with Gasteiger partial charge in [-0.3, -0.25) is 0 Å². The Morgan fingerprint density at radius 3 is 2.65 bits per heavy atom. The van der Waals surface area contributed by atoms with Crippen molar-refractivity contribution in [2.24, 2.45) is 11.0 Å². The minimum atomic E-state index is -0.300. The van der Waals surface area contributed by atoms with Gasteiger partial charge in [0.05, 0.1) is 6.04 Å². The molecule has 1 rings (SSSR count). The summed E-state index contributed by atoms with van der Waals surface area (Å²) in [6.45, 7) is 7.89. The summed E-state index contributed by atoms with van der Waals surface area (Å²) in [4.78, 5) is 14.5. The maximum absolute atomic E-state index is 11.6. The molecule has 0 aromatic rings. The smallest absolute Gasteiger partial charge is 0.334 e. The predicted octanol–water partition coefficient (Wildman–Crippen LogP) is 3.36. The quantitative estimate of drug-likeness (QED) is 0.247. The number of carbonyl (C=O) groups is 1. The molecule has 1 unspecified atom stereocenters. The molecule has 5 nitrogen and oxygen atoms in total. The Morgan fingerprint density at radius 1 is 1.59 bits per heavy atom. The lowest BCUT2D eigenvalue weighted by Gasteiger charge is -2.18. The van der Waals surface area contributed by atoms with Crippen molar-refractivity contribution < 1.29 is 9.53 Å². The Kier molecular flexibility index (Phi) is 4.58. The standard InChI is InChI=1S/C12H19N3O2/c1-7(2)5-10(14-15-13)11-6-9(8(3)4)12(16)17-11/h7,10-11H,5-6H2,1-4H3/t10-,11?/m1/s1. The summed E-state index contributed by atoms with van der Waals surface area (Å²) in [7, 11) is 0. The second kappa shape index (κ2) is 5.73. The lowest BCUT2D eigenvalue weighted by atomic mass is 9.96. The molecule has 94 valence electrons. The molecule has 1 fully saturated rings. The average molecular weight is 237 g/mol. The van der Waals surface area contributed by atoms with Crippen molar-refractivity contribution in [1.82, 2.24) is 0 Å². The summed E-state index contributed by atoms with van der Waals surface area (Å²) in [6.07, 6.45) is 0.987. The van der Waals surface area contributed by atoms with Gasteiger partial charge in [0.1, 0.15) is 6.10 Å². The highest BCUT2D eigenvalue weighted by molar-refractivity contribution is 5.91. The Morgan fingerprint density at radius 2 is 2.24 bits per heavy atom. The van der Waals surface area contributed by atoms with E-state index in [0.717, 1.165) is 17.6 Å². The van der Waals surface area contributed by atoms with E-state index >= 15 is 0 Å². The summed E-state index contributed by atoms with van der Waals surface area (Å²) in [5.41, 5.74) is 10.2. The summed E-state index contributed by atoms with van der Waals surface area (Å²) >= 11 is 0. The summed E-state index contributed by atoms with van der Waals surface area (Å²) in [6, 6.07) is -0.263. The lowest BCUT2D eigenvalue weighted by Crippen LogP contribution is -2.25. The van der Waals surface area contributed by atoms with Gasteiger partial charge in [-0.25, -0.2) is 4.79 Å². The van der Waals surface area contributed by atoms with Crippen LogP contribution in [0.1, 0.15) is 40.5 Å². The van der Waals surface area contributed by atoms with Crippen molar-refractivity contribution in [3.63, 3.8) is 0 Å². The topological polar surface area (TPSA) is 75.1 Å². The van der Waals surface area contributed by atoms with Crippen LogP contribution in [-0.2, 0) is 9.53 Å². The zero-order valence-electron chi connectivity index (χ0n) is 10.8. The molecular formula is C12H19N3O2. The van der Waals surface area contributed by atoms with Crippen molar-refractivity contribution in [2.45, 2.75) is 52.7 Å². The molecule has 1 aliphatic rings. The third kappa shape index (κ3) is 3.49. The second-order valence-corrected chi connectivity index (χ2v) is 5.03. The van der Waals surface area contributed by atoms with Crippen LogP contribution in [0.4, 0.5) is 0 Å². The molecule has 0 aliphatic carbocycles. The second-order valence-electron chi connectivity index (χ2n) is 5.03. The first-order valence-electron chi connectivity index (χ1n) is 5.87. The molecule has 0 spiro atoms. The fraction of sp³-hybridized carbons (Fsp3) is 0.750. The molecule has 0 radical (unpaired) electrons. The molecule has 1 saturated heterocycles. The zero-order valence-corrected chi connectivity index (χ0v) is 10.8. The number of hydrogen-bond donors (Lipinski definition) is 0. The van der Waals surface area contributed by atoms with Crippen LogP contribution in [0, 0.1) is 5.92 Å². The highest BCUT2D eigenvalue weighted by Crippen LogP contribution is 2.29. The summed E-state index contributed by atoms with van der Waals surface area (Å²) < 4.78 is 5.29. The van der Waals surface area contributed by atoms with Gasteiger partial charge in [-0.15, -0.1) is 0 Å². The van der Waals surface area contributed by atoms with E-state index in [4.69, 9.17) is 10.3 Å². The zero-order chi connectivity index (χ0) is 13.0. The van der Waals surface area contributed by atoms with Crippen LogP contribution in [0.5, 0.6) is 0 Å². The van der Waals surface area contributed by atoms with Gasteiger partial charge in [-0.05, 0) is 31.7 Å². The fourth-order valence-corrected chi connectivity index (χ4v) is 1.98. The van der Waals surface area contributed by atoms with Crippen molar-refractivity contribution in [1.29, 1.82) is 0 Å². The molecule has 1 aliphatic heterocycles. The minimum absolute atomic E-state index is 0.263. The first kappa shape index (κ1) is 13.6. The Labute approximate surface area is 101 Å². The van der Waals surface area contributed by atoms with Gasteiger partial charge in [0.15, 0.2) is 0 Å². The van der Waals surface area contributed by atoms with Crippen LogP contribution in [0.2, 0.25) is 0 Å². The SMILES string of the molecule is CC(C)=C1CC([C@@H](CC(C)C)N=[N+]=[N-])OC1=O. The van der Waals surface area contributed by atoms with Crippen LogP contribution in [0.15, 0.2) is 16.3 Å². The molecule has 0 aromatic carbocycles. The largest absolute Gasteiger partial charge is 0.458 e. The highest BCUT2D eigenvalue weighted by Gasteiger charge is 2.35. The molecule has 17 heavy (non-hydrogen) atoms. The van der Waals surface area contributed by atoms with Gasteiger partial charge < -0.3 is 4.74 Å². The Bertz CT molecular complexity index is 377. The van der Waals surface area contributed by atoms with E-state index in [2.05, 4.69) is 23.9 Å². The maximum atomic E-state index is 11.6. The highest BCUT2D eigenvalue weighted by atomic mass is 16.6. The molecule has 0 saturated carbocycles. The van der Waals surface area contributed by atoms with Crippen molar-refractivity contribution in [2.75, 3.05) is 0 Å². The average Bonchev–Trinajstić information content (AvgIpc) is 2.59.